The molecule has 5 nitrogen and oxygen atoms in total. The second-order valence-corrected chi connectivity index (χ2v) is 7.41. The van der Waals surface area contributed by atoms with Crippen LogP contribution in [0.4, 0.5) is 0 Å². The number of para-hydroxylation sites is 1. The first kappa shape index (κ1) is 18.4. The molecule has 0 unspecified atom stereocenters. The minimum absolute atomic E-state index is 0.119. The van der Waals surface area contributed by atoms with E-state index in [0.29, 0.717) is 27.8 Å². The molecule has 0 saturated carbocycles. The van der Waals surface area contributed by atoms with Crippen LogP contribution in [-0.4, -0.2) is 21.4 Å². The van der Waals surface area contributed by atoms with Gasteiger partial charge in [0, 0.05) is 6.54 Å². The molecule has 3 rings (SSSR count). The number of H-pyrrole nitrogens is 1. The van der Waals surface area contributed by atoms with Gasteiger partial charge in [0.2, 0.25) is 0 Å². The SMILES string of the molecule is COc1ccc(CNC(=S)SCc2nc3c(C)cccc3c(=O)[nH]2)cc1. The van der Waals surface area contributed by atoms with Gasteiger partial charge in [0.05, 0.1) is 23.8 Å². The second kappa shape index (κ2) is 8.33. The van der Waals surface area contributed by atoms with Gasteiger partial charge in [-0.1, -0.05) is 48.2 Å². The number of fused-ring (bicyclic) bond motifs is 1. The molecule has 0 spiro atoms. The van der Waals surface area contributed by atoms with Crippen LogP contribution in [0.25, 0.3) is 10.9 Å². The van der Waals surface area contributed by atoms with Gasteiger partial charge in [0.1, 0.15) is 15.9 Å². The molecule has 0 amide bonds. The Balaban J connectivity index is 1.59. The molecule has 3 aromatic rings. The van der Waals surface area contributed by atoms with Crippen molar-refractivity contribution < 1.29 is 4.74 Å². The monoisotopic (exact) mass is 385 g/mol. The lowest BCUT2D eigenvalue weighted by atomic mass is 10.1. The van der Waals surface area contributed by atoms with Crippen molar-refractivity contribution in [2.45, 2.75) is 19.2 Å². The topological polar surface area (TPSA) is 67.0 Å². The van der Waals surface area contributed by atoms with E-state index in [1.807, 2.05) is 43.3 Å². The van der Waals surface area contributed by atoms with E-state index in [9.17, 15) is 4.79 Å². The van der Waals surface area contributed by atoms with Gasteiger partial charge < -0.3 is 15.0 Å². The maximum atomic E-state index is 12.2. The Labute approximate surface area is 161 Å². The Kier molecular flexibility index (Phi) is 5.90. The van der Waals surface area contributed by atoms with E-state index in [-0.39, 0.29) is 5.56 Å². The summed E-state index contributed by atoms with van der Waals surface area (Å²) < 4.78 is 5.81. The molecule has 0 aliphatic rings. The van der Waals surface area contributed by atoms with Gasteiger partial charge in [0.25, 0.3) is 5.56 Å². The summed E-state index contributed by atoms with van der Waals surface area (Å²) >= 11 is 6.81. The number of thiocarbonyl (C=S) groups is 1. The Morgan fingerprint density at radius 2 is 2.04 bits per heavy atom. The Bertz CT molecular complexity index is 984. The van der Waals surface area contributed by atoms with Gasteiger partial charge in [-0.15, -0.1) is 0 Å². The lowest BCUT2D eigenvalue weighted by Crippen LogP contribution is -2.18. The molecule has 7 heteroatoms. The predicted octanol–water partition coefficient (Wildman–Crippen LogP) is 3.55. The maximum absolute atomic E-state index is 12.2. The standard InChI is InChI=1S/C19H19N3O2S2/c1-12-4-3-5-15-17(12)21-16(22-18(15)23)11-26-19(25)20-10-13-6-8-14(24-2)9-7-13/h3-9H,10-11H2,1-2H3,(H,20,25)(H,21,22,23). The summed E-state index contributed by atoms with van der Waals surface area (Å²) in [6.45, 7) is 2.59. The molecular formula is C19H19N3O2S2. The highest BCUT2D eigenvalue weighted by atomic mass is 32.2. The first-order chi connectivity index (χ1) is 12.6. The third kappa shape index (κ3) is 4.42. The van der Waals surface area contributed by atoms with Gasteiger partial charge in [-0.25, -0.2) is 4.98 Å². The highest BCUT2D eigenvalue weighted by Crippen LogP contribution is 2.16. The molecule has 1 aromatic heterocycles. The average Bonchev–Trinajstić information content (AvgIpc) is 2.66. The van der Waals surface area contributed by atoms with Gasteiger partial charge >= 0.3 is 0 Å². The number of methoxy groups -OCH3 is 1. The average molecular weight is 386 g/mol. The number of nitrogens with one attached hydrogen (secondary N) is 2. The van der Waals surface area contributed by atoms with Gasteiger partial charge in [0.15, 0.2) is 0 Å². The zero-order valence-corrected chi connectivity index (χ0v) is 16.2. The van der Waals surface area contributed by atoms with E-state index in [1.54, 1.807) is 13.2 Å². The van der Waals surface area contributed by atoms with Crippen molar-refractivity contribution in [1.82, 2.24) is 15.3 Å². The first-order valence-corrected chi connectivity index (χ1v) is 9.48. The zero-order chi connectivity index (χ0) is 18.5. The van der Waals surface area contributed by atoms with Crippen LogP contribution in [-0.2, 0) is 12.3 Å². The Hall–Kier alpha value is -2.38. The summed E-state index contributed by atoms with van der Waals surface area (Å²) in [5.41, 5.74) is 2.72. The predicted molar refractivity (Wildman–Crippen MR) is 111 cm³/mol. The van der Waals surface area contributed by atoms with Crippen molar-refractivity contribution in [3.8, 4) is 5.75 Å². The van der Waals surface area contributed by atoms with Crippen molar-refractivity contribution in [3.63, 3.8) is 0 Å². The molecule has 134 valence electrons. The maximum Gasteiger partial charge on any atom is 0.258 e. The van der Waals surface area contributed by atoms with Crippen molar-refractivity contribution in [1.29, 1.82) is 0 Å². The third-order valence-electron chi connectivity index (χ3n) is 3.92. The van der Waals surface area contributed by atoms with E-state index in [4.69, 9.17) is 17.0 Å². The molecule has 0 fully saturated rings. The minimum atomic E-state index is -0.119. The molecule has 0 atom stereocenters. The van der Waals surface area contributed by atoms with E-state index in [0.717, 1.165) is 22.4 Å². The highest BCUT2D eigenvalue weighted by Gasteiger charge is 2.07. The smallest absolute Gasteiger partial charge is 0.258 e. The number of rotatable bonds is 5. The van der Waals surface area contributed by atoms with E-state index >= 15 is 0 Å². The number of hydrogen-bond acceptors (Lipinski definition) is 5. The second-order valence-electron chi connectivity index (χ2n) is 5.76. The summed E-state index contributed by atoms with van der Waals surface area (Å²) in [5, 5.41) is 3.81. The van der Waals surface area contributed by atoms with Crippen LogP contribution in [0.2, 0.25) is 0 Å². The summed E-state index contributed by atoms with van der Waals surface area (Å²) in [4.78, 5) is 19.6. The zero-order valence-electron chi connectivity index (χ0n) is 14.5. The van der Waals surface area contributed by atoms with E-state index in [1.165, 1.54) is 11.8 Å². The minimum Gasteiger partial charge on any atom is -0.497 e. The van der Waals surface area contributed by atoms with Crippen molar-refractivity contribution >= 4 is 39.2 Å². The molecule has 0 saturated heterocycles. The number of thioether (sulfide) groups is 1. The van der Waals surface area contributed by atoms with Crippen LogP contribution < -0.4 is 15.6 Å². The van der Waals surface area contributed by atoms with Gasteiger partial charge in [-0.2, -0.15) is 0 Å². The van der Waals surface area contributed by atoms with Crippen LogP contribution in [0, 0.1) is 6.92 Å². The van der Waals surface area contributed by atoms with E-state index < -0.39 is 0 Å². The normalized spacial score (nSPS) is 10.7. The van der Waals surface area contributed by atoms with Crippen LogP contribution in [0.3, 0.4) is 0 Å². The van der Waals surface area contributed by atoms with Gasteiger partial charge in [-0.3, -0.25) is 4.79 Å². The summed E-state index contributed by atoms with van der Waals surface area (Å²) in [7, 11) is 1.64. The molecule has 2 aromatic carbocycles. The van der Waals surface area contributed by atoms with Crippen molar-refractivity contribution in [2.24, 2.45) is 0 Å². The van der Waals surface area contributed by atoms with Crippen LogP contribution in [0.1, 0.15) is 17.0 Å². The fourth-order valence-corrected chi connectivity index (χ4v) is 3.35. The Morgan fingerprint density at radius 3 is 2.77 bits per heavy atom. The number of benzene rings is 2. The molecule has 26 heavy (non-hydrogen) atoms. The highest BCUT2D eigenvalue weighted by molar-refractivity contribution is 8.22. The van der Waals surface area contributed by atoms with Crippen molar-refractivity contribution in [3.05, 3.63) is 69.8 Å². The number of aromatic amines is 1. The van der Waals surface area contributed by atoms with Crippen LogP contribution >= 0.6 is 24.0 Å². The molecule has 0 radical (unpaired) electrons. The molecule has 1 heterocycles. The summed E-state index contributed by atoms with van der Waals surface area (Å²) in [6, 6.07) is 13.4. The summed E-state index contributed by atoms with van der Waals surface area (Å²) in [5.74, 6) is 1.95. The van der Waals surface area contributed by atoms with Crippen LogP contribution in [0.5, 0.6) is 5.75 Å². The number of ether oxygens (including phenoxy) is 1. The number of hydrogen-bond donors (Lipinski definition) is 2. The van der Waals surface area contributed by atoms with Crippen LogP contribution in [0.15, 0.2) is 47.3 Å². The Morgan fingerprint density at radius 1 is 1.27 bits per heavy atom. The van der Waals surface area contributed by atoms with E-state index in [2.05, 4.69) is 15.3 Å². The number of aromatic nitrogens is 2. The van der Waals surface area contributed by atoms with Crippen molar-refractivity contribution in [2.75, 3.05) is 7.11 Å². The molecule has 0 aliphatic carbocycles. The lowest BCUT2D eigenvalue weighted by molar-refractivity contribution is 0.414. The summed E-state index contributed by atoms with van der Waals surface area (Å²) in [6.07, 6.45) is 0. The number of nitrogens with zero attached hydrogens (tertiary/aromatic N) is 1. The first-order valence-electron chi connectivity index (χ1n) is 8.09. The fourth-order valence-electron chi connectivity index (χ4n) is 2.52. The molecular weight excluding hydrogens is 366 g/mol. The fraction of sp³-hybridized carbons (Fsp3) is 0.211. The van der Waals surface area contributed by atoms with Gasteiger partial charge in [-0.05, 0) is 36.2 Å². The molecule has 0 bridgehead atoms. The molecule has 0 aliphatic heterocycles. The quantitative estimate of drug-likeness (QED) is 0.655. The largest absolute Gasteiger partial charge is 0.497 e. The number of aryl methyl sites for hydroxylation is 1. The molecule has 2 N–H and O–H groups in total. The lowest BCUT2D eigenvalue weighted by Gasteiger charge is -2.09. The third-order valence-corrected chi connectivity index (χ3v) is 5.25.